The number of hydrogen-bond donors (Lipinski definition) is 0. The highest BCUT2D eigenvalue weighted by molar-refractivity contribution is 5.77. The average Bonchev–Trinajstić information content (AvgIpc) is 2.40. The number of hydrogen-bond acceptors (Lipinski definition) is 4. The van der Waals surface area contributed by atoms with Gasteiger partial charge in [-0.05, 0) is 19.1 Å². The maximum Gasteiger partial charge on any atom is 0.438 e. The van der Waals surface area contributed by atoms with E-state index in [1.54, 1.807) is 13.0 Å². The third kappa shape index (κ3) is 3.04. The van der Waals surface area contributed by atoms with Crippen LogP contribution in [0.4, 0.5) is 13.2 Å². The molecular formula is C13H11F3N2O3. The number of esters is 1. The van der Waals surface area contributed by atoms with Gasteiger partial charge in [0.1, 0.15) is 6.54 Å². The Morgan fingerprint density at radius 3 is 2.62 bits per heavy atom. The third-order valence-electron chi connectivity index (χ3n) is 2.71. The lowest BCUT2D eigenvalue weighted by Crippen LogP contribution is -2.33. The van der Waals surface area contributed by atoms with E-state index in [-0.39, 0.29) is 17.6 Å². The van der Waals surface area contributed by atoms with Gasteiger partial charge in [0.15, 0.2) is 0 Å². The zero-order chi connectivity index (χ0) is 15.6. The van der Waals surface area contributed by atoms with Crippen LogP contribution in [0.15, 0.2) is 29.1 Å². The molecule has 0 aliphatic carbocycles. The van der Waals surface area contributed by atoms with Gasteiger partial charge in [-0.25, -0.2) is 4.98 Å². The Labute approximate surface area is 117 Å². The summed E-state index contributed by atoms with van der Waals surface area (Å²) >= 11 is 0. The number of aromatic nitrogens is 2. The van der Waals surface area contributed by atoms with E-state index in [0.717, 1.165) is 4.57 Å². The number of carbonyl (C=O) groups is 1. The van der Waals surface area contributed by atoms with Crippen LogP contribution in [-0.4, -0.2) is 22.1 Å². The summed E-state index contributed by atoms with van der Waals surface area (Å²) in [6.07, 6.45) is -4.89. The molecule has 0 radical (unpaired) electrons. The van der Waals surface area contributed by atoms with Gasteiger partial charge in [0, 0.05) is 0 Å². The van der Waals surface area contributed by atoms with Crippen LogP contribution in [0.25, 0.3) is 11.0 Å². The van der Waals surface area contributed by atoms with Gasteiger partial charge in [0.05, 0.1) is 17.6 Å². The Bertz CT molecular complexity index is 737. The van der Waals surface area contributed by atoms with Crippen molar-refractivity contribution in [2.45, 2.75) is 19.6 Å². The quantitative estimate of drug-likeness (QED) is 0.813. The SMILES string of the molecule is CCOC(=O)Cn1c(=O)c(C(F)(F)F)nc2ccccc21. The summed E-state index contributed by atoms with van der Waals surface area (Å²) < 4.78 is 44.0. The number of para-hydroxylation sites is 2. The minimum Gasteiger partial charge on any atom is -0.465 e. The summed E-state index contributed by atoms with van der Waals surface area (Å²) in [7, 11) is 0. The fraction of sp³-hybridized carbons (Fsp3) is 0.308. The minimum atomic E-state index is -4.89. The largest absolute Gasteiger partial charge is 0.465 e. The van der Waals surface area contributed by atoms with Gasteiger partial charge >= 0.3 is 12.1 Å². The predicted octanol–water partition coefficient (Wildman–Crippen LogP) is 1.98. The van der Waals surface area contributed by atoms with Crippen LogP contribution >= 0.6 is 0 Å². The molecule has 0 spiro atoms. The highest BCUT2D eigenvalue weighted by atomic mass is 19.4. The standard InChI is InChI=1S/C13H11F3N2O3/c1-2-21-10(19)7-18-9-6-4-3-5-8(9)17-11(12(18)20)13(14,15)16/h3-6H,2,7H2,1H3. The zero-order valence-corrected chi connectivity index (χ0v) is 11.0. The van der Waals surface area contributed by atoms with Crippen LogP contribution in [0.3, 0.4) is 0 Å². The molecule has 0 fully saturated rings. The van der Waals surface area contributed by atoms with Gasteiger partial charge in [-0.15, -0.1) is 0 Å². The zero-order valence-electron chi connectivity index (χ0n) is 11.0. The molecule has 0 unspecified atom stereocenters. The lowest BCUT2D eigenvalue weighted by atomic mass is 10.2. The number of alkyl halides is 3. The van der Waals surface area contributed by atoms with Gasteiger partial charge < -0.3 is 4.74 Å². The third-order valence-corrected chi connectivity index (χ3v) is 2.71. The molecule has 0 aliphatic rings. The molecule has 0 aliphatic heterocycles. The first-order chi connectivity index (χ1) is 9.84. The first-order valence-electron chi connectivity index (χ1n) is 6.07. The summed E-state index contributed by atoms with van der Waals surface area (Å²) in [6, 6.07) is 5.79. The maximum absolute atomic E-state index is 12.9. The Balaban J connectivity index is 2.68. The fourth-order valence-electron chi connectivity index (χ4n) is 1.87. The molecule has 0 saturated carbocycles. The smallest absolute Gasteiger partial charge is 0.438 e. The van der Waals surface area contributed by atoms with E-state index in [4.69, 9.17) is 0 Å². The van der Waals surface area contributed by atoms with Crippen molar-refractivity contribution >= 4 is 17.0 Å². The summed E-state index contributed by atoms with van der Waals surface area (Å²) in [5.74, 6) is -0.788. The Kier molecular flexibility index (Phi) is 3.97. The van der Waals surface area contributed by atoms with E-state index in [1.807, 2.05) is 0 Å². The van der Waals surface area contributed by atoms with Crippen molar-refractivity contribution in [3.63, 3.8) is 0 Å². The monoisotopic (exact) mass is 300 g/mol. The lowest BCUT2D eigenvalue weighted by molar-refractivity contribution is -0.145. The summed E-state index contributed by atoms with van der Waals surface area (Å²) in [5.41, 5.74) is -2.79. The first-order valence-corrected chi connectivity index (χ1v) is 6.07. The van der Waals surface area contributed by atoms with Crippen LogP contribution in [-0.2, 0) is 22.3 Å². The van der Waals surface area contributed by atoms with E-state index in [0.29, 0.717) is 0 Å². The molecule has 1 heterocycles. The van der Waals surface area contributed by atoms with Gasteiger partial charge in [-0.1, -0.05) is 12.1 Å². The van der Waals surface area contributed by atoms with Gasteiger partial charge in [0.2, 0.25) is 5.69 Å². The molecule has 112 valence electrons. The van der Waals surface area contributed by atoms with Crippen molar-refractivity contribution in [1.29, 1.82) is 0 Å². The molecule has 1 aromatic carbocycles. The van der Waals surface area contributed by atoms with E-state index in [2.05, 4.69) is 9.72 Å². The maximum atomic E-state index is 12.9. The highest BCUT2D eigenvalue weighted by Crippen LogP contribution is 2.26. The molecule has 0 atom stereocenters. The van der Waals surface area contributed by atoms with Crippen molar-refractivity contribution in [2.75, 3.05) is 6.61 Å². The van der Waals surface area contributed by atoms with Crippen LogP contribution in [0.2, 0.25) is 0 Å². The number of rotatable bonds is 3. The highest BCUT2D eigenvalue weighted by Gasteiger charge is 2.37. The van der Waals surface area contributed by atoms with E-state index >= 15 is 0 Å². The molecule has 2 aromatic rings. The number of fused-ring (bicyclic) bond motifs is 1. The molecule has 1 aromatic heterocycles. The molecule has 0 saturated heterocycles. The topological polar surface area (TPSA) is 61.2 Å². The molecule has 2 rings (SSSR count). The Hall–Kier alpha value is -2.38. The van der Waals surface area contributed by atoms with Gasteiger partial charge in [-0.3, -0.25) is 14.2 Å². The Morgan fingerprint density at radius 1 is 1.33 bits per heavy atom. The summed E-state index contributed by atoms with van der Waals surface area (Å²) in [6.45, 7) is 1.04. The van der Waals surface area contributed by atoms with Crippen molar-refractivity contribution < 1.29 is 22.7 Å². The van der Waals surface area contributed by atoms with Crippen LogP contribution < -0.4 is 5.56 Å². The van der Waals surface area contributed by atoms with E-state index in [1.165, 1.54) is 18.2 Å². The second-order valence-corrected chi connectivity index (χ2v) is 4.14. The second kappa shape index (κ2) is 5.55. The first kappa shape index (κ1) is 15.0. The lowest BCUT2D eigenvalue weighted by Gasteiger charge is -2.12. The van der Waals surface area contributed by atoms with Crippen molar-refractivity contribution in [3.05, 3.63) is 40.3 Å². The molecule has 8 heteroatoms. The summed E-state index contributed by atoms with van der Waals surface area (Å²) in [5, 5.41) is 0. The number of nitrogens with zero attached hydrogens (tertiary/aromatic N) is 2. The molecule has 0 bridgehead atoms. The summed E-state index contributed by atoms with van der Waals surface area (Å²) in [4.78, 5) is 26.8. The van der Waals surface area contributed by atoms with Crippen LogP contribution in [0, 0.1) is 0 Å². The van der Waals surface area contributed by atoms with Crippen molar-refractivity contribution in [2.24, 2.45) is 0 Å². The number of benzene rings is 1. The molecule has 0 N–H and O–H groups in total. The van der Waals surface area contributed by atoms with E-state index in [9.17, 15) is 22.8 Å². The normalized spacial score (nSPS) is 11.6. The molecular weight excluding hydrogens is 289 g/mol. The molecule has 0 amide bonds. The fourth-order valence-corrected chi connectivity index (χ4v) is 1.87. The minimum absolute atomic E-state index is 0.0197. The van der Waals surface area contributed by atoms with Crippen LogP contribution in [0.5, 0.6) is 0 Å². The number of carbonyl (C=O) groups excluding carboxylic acids is 1. The Morgan fingerprint density at radius 2 is 2.00 bits per heavy atom. The average molecular weight is 300 g/mol. The molecule has 5 nitrogen and oxygen atoms in total. The number of halogens is 3. The van der Waals surface area contributed by atoms with E-state index < -0.39 is 29.9 Å². The van der Waals surface area contributed by atoms with Gasteiger partial charge in [-0.2, -0.15) is 13.2 Å². The van der Waals surface area contributed by atoms with Gasteiger partial charge in [0.25, 0.3) is 5.56 Å². The second-order valence-electron chi connectivity index (χ2n) is 4.14. The predicted molar refractivity (Wildman–Crippen MR) is 67.6 cm³/mol. The van der Waals surface area contributed by atoms with Crippen molar-refractivity contribution in [1.82, 2.24) is 9.55 Å². The van der Waals surface area contributed by atoms with Crippen molar-refractivity contribution in [3.8, 4) is 0 Å². The van der Waals surface area contributed by atoms with Crippen LogP contribution in [0.1, 0.15) is 12.6 Å². The number of ether oxygens (including phenoxy) is 1. The molecule has 21 heavy (non-hydrogen) atoms.